The smallest absolute Gasteiger partial charge is 0.234 e. The van der Waals surface area contributed by atoms with Crippen molar-refractivity contribution in [2.45, 2.75) is 13.3 Å². The van der Waals surface area contributed by atoms with E-state index in [0.29, 0.717) is 18.7 Å². The van der Waals surface area contributed by atoms with Gasteiger partial charge in [-0.05, 0) is 24.6 Å². The number of nitrogens with zero attached hydrogens (tertiary/aromatic N) is 1. The Hall–Kier alpha value is -1.58. The second-order valence-corrected chi connectivity index (χ2v) is 5.49. The number of benzene rings is 1. The van der Waals surface area contributed by atoms with Gasteiger partial charge in [0.25, 0.3) is 0 Å². The van der Waals surface area contributed by atoms with Crippen molar-refractivity contribution in [1.29, 1.82) is 5.26 Å². The lowest BCUT2D eigenvalue weighted by molar-refractivity contribution is 0.163. The van der Waals surface area contributed by atoms with Crippen LogP contribution in [0.4, 0.5) is 5.69 Å². The number of hydrogen-bond donors (Lipinski definition) is 1. The fourth-order valence-corrected chi connectivity index (χ4v) is 2.26. The lowest BCUT2D eigenvalue weighted by Gasteiger charge is -2.08. The second kappa shape index (κ2) is 6.99. The van der Waals surface area contributed by atoms with Gasteiger partial charge in [-0.2, -0.15) is 5.26 Å². The van der Waals surface area contributed by atoms with Gasteiger partial charge in [-0.15, -0.1) is 0 Å². The fourth-order valence-electron chi connectivity index (χ4n) is 1.33. The molecular formula is C12H16N2O3S. The molecule has 0 heterocycles. The zero-order valence-corrected chi connectivity index (χ0v) is 11.0. The van der Waals surface area contributed by atoms with E-state index in [1.807, 2.05) is 13.0 Å². The predicted octanol–water partition coefficient (Wildman–Crippen LogP) is 1.53. The Bertz CT molecular complexity index is 503. The number of hydrogen-bond acceptors (Lipinski definition) is 4. The molecule has 0 saturated carbocycles. The molecule has 0 aliphatic carbocycles. The largest absolute Gasteiger partial charge is 0.381 e. The standard InChI is InChI=1S/C12H16N2O3S/c1-2-17-9-10-18(15,16)14-12-5-3-11(4-6-12)7-8-13/h3-6,14H,2,7,9-10H2,1H3. The van der Waals surface area contributed by atoms with Gasteiger partial charge in [0.2, 0.25) is 10.0 Å². The molecule has 0 unspecified atom stereocenters. The summed E-state index contributed by atoms with van der Waals surface area (Å²) in [5, 5.41) is 8.52. The lowest BCUT2D eigenvalue weighted by atomic mass is 10.1. The number of ether oxygens (including phenoxy) is 1. The normalized spacial score (nSPS) is 10.9. The number of nitrogens with one attached hydrogen (secondary N) is 1. The van der Waals surface area contributed by atoms with Crippen LogP contribution in [-0.4, -0.2) is 27.4 Å². The summed E-state index contributed by atoms with van der Waals surface area (Å²) in [4.78, 5) is 0. The quantitative estimate of drug-likeness (QED) is 0.761. The molecule has 98 valence electrons. The maximum atomic E-state index is 11.6. The molecule has 1 aromatic carbocycles. The van der Waals surface area contributed by atoms with Crippen LogP contribution in [0.25, 0.3) is 0 Å². The van der Waals surface area contributed by atoms with E-state index in [0.717, 1.165) is 5.56 Å². The van der Waals surface area contributed by atoms with E-state index in [9.17, 15) is 8.42 Å². The molecule has 0 radical (unpaired) electrons. The summed E-state index contributed by atoms with van der Waals surface area (Å²) < 4.78 is 30.7. The van der Waals surface area contributed by atoms with Crippen molar-refractivity contribution in [2.24, 2.45) is 0 Å². The van der Waals surface area contributed by atoms with Crippen LogP contribution in [0.1, 0.15) is 12.5 Å². The van der Waals surface area contributed by atoms with E-state index in [4.69, 9.17) is 10.00 Å². The van der Waals surface area contributed by atoms with Gasteiger partial charge >= 0.3 is 0 Å². The van der Waals surface area contributed by atoms with Crippen molar-refractivity contribution in [3.63, 3.8) is 0 Å². The molecular weight excluding hydrogens is 252 g/mol. The van der Waals surface area contributed by atoms with Crippen molar-refractivity contribution in [1.82, 2.24) is 0 Å². The average molecular weight is 268 g/mol. The Balaban J connectivity index is 2.58. The second-order valence-electron chi connectivity index (χ2n) is 3.65. The maximum absolute atomic E-state index is 11.6. The molecule has 0 spiro atoms. The molecule has 5 nitrogen and oxygen atoms in total. The third-order valence-corrected chi connectivity index (χ3v) is 3.46. The van der Waals surface area contributed by atoms with Crippen molar-refractivity contribution >= 4 is 15.7 Å². The summed E-state index contributed by atoms with van der Waals surface area (Å²) in [6.07, 6.45) is 0.317. The minimum absolute atomic E-state index is 0.0687. The van der Waals surface area contributed by atoms with Crippen LogP contribution >= 0.6 is 0 Å². The summed E-state index contributed by atoms with van der Waals surface area (Å²) >= 11 is 0. The van der Waals surface area contributed by atoms with Gasteiger partial charge in [0.15, 0.2) is 0 Å². The first-order valence-electron chi connectivity index (χ1n) is 5.61. The van der Waals surface area contributed by atoms with Gasteiger partial charge in [0.05, 0.1) is 24.8 Å². The van der Waals surface area contributed by atoms with Crippen molar-refractivity contribution in [3.8, 4) is 6.07 Å². The number of nitriles is 1. The molecule has 0 aliphatic heterocycles. The SMILES string of the molecule is CCOCCS(=O)(=O)Nc1ccc(CC#N)cc1. The van der Waals surface area contributed by atoms with Crippen LogP contribution in [0.3, 0.4) is 0 Å². The summed E-state index contributed by atoms with van der Waals surface area (Å²) in [6.45, 7) is 2.49. The zero-order chi connectivity index (χ0) is 13.4. The van der Waals surface area contributed by atoms with E-state index in [1.165, 1.54) is 0 Å². The van der Waals surface area contributed by atoms with E-state index in [2.05, 4.69) is 4.72 Å². The van der Waals surface area contributed by atoms with Crippen LogP contribution in [0.15, 0.2) is 24.3 Å². The summed E-state index contributed by atoms with van der Waals surface area (Å²) in [5.41, 5.74) is 1.35. The van der Waals surface area contributed by atoms with Gasteiger partial charge in [0, 0.05) is 12.3 Å². The average Bonchev–Trinajstić information content (AvgIpc) is 2.32. The van der Waals surface area contributed by atoms with Gasteiger partial charge in [-0.25, -0.2) is 8.42 Å². The Morgan fingerprint density at radius 3 is 2.56 bits per heavy atom. The molecule has 1 N–H and O–H groups in total. The van der Waals surface area contributed by atoms with Crippen molar-refractivity contribution in [2.75, 3.05) is 23.7 Å². The molecule has 0 aromatic heterocycles. The van der Waals surface area contributed by atoms with Crippen LogP contribution < -0.4 is 4.72 Å². The van der Waals surface area contributed by atoms with Crippen LogP contribution in [0.2, 0.25) is 0 Å². The lowest BCUT2D eigenvalue weighted by Crippen LogP contribution is -2.20. The number of anilines is 1. The molecule has 1 rings (SSSR count). The summed E-state index contributed by atoms with van der Waals surface area (Å²) in [7, 11) is -3.37. The molecule has 0 fully saturated rings. The van der Waals surface area contributed by atoms with Crippen molar-refractivity contribution < 1.29 is 13.2 Å². The van der Waals surface area contributed by atoms with E-state index in [1.54, 1.807) is 24.3 Å². The Labute approximate surface area is 107 Å². The molecule has 0 amide bonds. The highest BCUT2D eigenvalue weighted by molar-refractivity contribution is 7.92. The first-order chi connectivity index (χ1) is 8.57. The first kappa shape index (κ1) is 14.5. The van der Waals surface area contributed by atoms with Gasteiger partial charge in [-0.1, -0.05) is 12.1 Å². The van der Waals surface area contributed by atoms with Crippen molar-refractivity contribution in [3.05, 3.63) is 29.8 Å². The third kappa shape index (κ3) is 5.17. The van der Waals surface area contributed by atoms with Gasteiger partial charge in [-0.3, -0.25) is 4.72 Å². The first-order valence-corrected chi connectivity index (χ1v) is 7.26. The Kier molecular flexibility index (Phi) is 5.62. The molecule has 0 bridgehead atoms. The van der Waals surface area contributed by atoms with E-state index >= 15 is 0 Å². The monoisotopic (exact) mass is 268 g/mol. The Morgan fingerprint density at radius 1 is 1.33 bits per heavy atom. The summed E-state index contributed by atoms with van der Waals surface area (Å²) in [6, 6.07) is 8.77. The summed E-state index contributed by atoms with van der Waals surface area (Å²) in [5.74, 6) is -0.0687. The van der Waals surface area contributed by atoms with Crippen LogP contribution in [0, 0.1) is 11.3 Å². The minimum atomic E-state index is -3.37. The maximum Gasteiger partial charge on any atom is 0.234 e. The topological polar surface area (TPSA) is 79.2 Å². The molecule has 0 saturated heterocycles. The predicted molar refractivity (Wildman–Crippen MR) is 69.7 cm³/mol. The molecule has 6 heteroatoms. The minimum Gasteiger partial charge on any atom is -0.381 e. The number of rotatable bonds is 7. The van der Waals surface area contributed by atoms with Gasteiger partial charge in [0.1, 0.15) is 0 Å². The van der Waals surface area contributed by atoms with Crippen LogP contribution in [0.5, 0.6) is 0 Å². The van der Waals surface area contributed by atoms with Crippen LogP contribution in [-0.2, 0) is 21.2 Å². The van der Waals surface area contributed by atoms with E-state index < -0.39 is 10.0 Å². The third-order valence-electron chi connectivity index (χ3n) is 2.21. The highest BCUT2D eigenvalue weighted by Crippen LogP contribution is 2.11. The molecule has 0 atom stereocenters. The van der Waals surface area contributed by atoms with Gasteiger partial charge < -0.3 is 4.74 Å². The Morgan fingerprint density at radius 2 is 2.00 bits per heavy atom. The number of sulfonamides is 1. The molecule has 1 aromatic rings. The van der Waals surface area contributed by atoms with E-state index in [-0.39, 0.29) is 12.4 Å². The molecule has 18 heavy (non-hydrogen) atoms. The zero-order valence-electron chi connectivity index (χ0n) is 10.2. The highest BCUT2D eigenvalue weighted by atomic mass is 32.2. The fraction of sp³-hybridized carbons (Fsp3) is 0.417. The molecule has 0 aliphatic rings. The highest BCUT2D eigenvalue weighted by Gasteiger charge is 2.09.